The molecule has 1 heterocycles. The van der Waals surface area contributed by atoms with Gasteiger partial charge in [0.25, 0.3) is 5.69 Å². The van der Waals surface area contributed by atoms with Gasteiger partial charge in [-0.25, -0.2) is 0 Å². The van der Waals surface area contributed by atoms with Crippen molar-refractivity contribution in [2.45, 2.75) is 31.6 Å². The molecule has 2 aromatic carbocycles. The van der Waals surface area contributed by atoms with Crippen LogP contribution in [0.2, 0.25) is 10.0 Å². The third-order valence-electron chi connectivity index (χ3n) is 5.33. The Morgan fingerprint density at radius 3 is 2.55 bits per heavy atom. The van der Waals surface area contributed by atoms with Crippen LogP contribution in [0.4, 0.5) is 11.4 Å². The van der Waals surface area contributed by atoms with Crippen molar-refractivity contribution in [1.29, 1.82) is 0 Å². The van der Waals surface area contributed by atoms with E-state index in [0.717, 1.165) is 0 Å². The number of nitro groups is 1. The lowest BCUT2D eigenvalue weighted by Crippen LogP contribution is -2.40. The van der Waals surface area contributed by atoms with E-state index >= 15 is 0 Å². The van der Waals surface area contributed by atoms with Crippen molar-refractivity contribution in [1.82, 2.24) is 0 Å². The number of ketones is 1. The van der Waals surface area contributed by atoms with Crippen LogP contribution in [0, 0.1) is 10.1 Å². The first-order chi connectivity index (χ1) is 13.9. The zero-order valence-electron chi connectivity index (χ0n) is 15.2. The Balaban J connectivity index is 1.94. The maximum atomic E-state index is 13.2. The molecule has 1 aliphatic heterocycles. The molecule has 4 rings (SSSR count). The summed E-state index contributed by atoms with van der Waals surface area (Å²) >= 11 is 12.4. The number of rotatable bonds is 3. The van der Waals surface area contributed by atoms with Crippen LogP contribution in [-0.4, -0.2) is 16.6 Å². The first-order valence-electron chi connectivity index (χ1n) is 9.16. The number of benzene rings is 2. The van der Waals surface area contributed by atoms with E-state index < -0.39 is 10.8 Å². The molecule has 0 aromatic heterocycles. The number of halogens is 2. The smallest absolute Gasteiger partial charge is 0.293 e. The van der Waals surface area contributed by atoms with E-state index in [2.05, 4.69) is 0 Å². The summed E-state index contributed by atoms with van der Waals surface area (Å²) in [6, 6.07) is 11.2. The minimum atomic E-state index is -0.552. The lowest BCUT2D eigenvalue weighted by molar-refractivity contribution is -0.384. The highest BCUT2D eigenvalue weighted by atomic mass is 35.5. The number of amides is 1. The summed E-state index contributed by atoms with van der Waals surface area (Å²) in [6.07, 6.45) is 1.42. The van der Waals surface area contributed by atoms with Gasteiger partial charge in [-0.3, -0.25) is 24.6 Å². The van der Waals surface area contributed by atoms with E-state index in [0.29, 0.717) is 41.1 Å². The van der Waals surface area contributed by atoms with Gasteiger partial charge < -0.3 is 0 Å². The molecular weight excluding hydrogens is 415 g/mol. The molecule has 8 heteroatoms. The first kappa shape index (κ1) is 19.6. The number of hydrogen-bond acceptors (Lipinski definition) is 4. The van der Waals surface area contributed by atoms with Crippen LogP contribution in [0.15, 0.2) is 53.7 Å². The fraction of sp³-hybridized carbons (Fsp3) is 0.238. The fourth-order valence-electron chi connectivity index (χ4n) is 4.13. The molecule has 0 fully saturated rings. The molecule has 6 nitrogen and oxygen atoms in total. The molecule has 1 atom stereocenters. The van der Waals surface area contributed by atoms with Crippen LogP contribution in [0.1, 0.15) is 37.2 Å². The number of nitrogens with zero attached hydrogens (tertiary/aromatic N) is 2. The summed E-state index contributed by atoms with van der Waals surface area (Å²) in [6.45, 7) is 0. The van der Waals surface area contributed by atoms with Crippen LogP contribution in [0.5, 0.6) is 0 Å². The Morgan fingerprint density at radius 1 is 1.07 bits per heavy atom. The highest BCUT2D eigenvalue weighted by Gasteiger charge is 2.42. The van der Waals surface area contributed by atoms with E-state index in [1.54, 1.807) is 12.1 Å². The van der Waals surface area contributed by atoms with E-state index in [1.807, 2.05) is 12.1 Å². The average molecular weight is 431 g/mol. The van der Waals surface area contributed by atoms with Gasteiger partial charge >= 0.3 is 0 Å². The van der Waals surface area contributed by atoms with E-state index in [9.17, 15) is 19.7 Å². The molecule has 1 unspecified atom stereocenters. The maximum Gasteiger partial charge on any atom is 0.293 e. The standard InChI is InChI=1S/C21H16Cl2N2O4/c22-12-8-9-16(25(28)29)18(10-12)24-17-6-3-7-19(26)21(17)14(11-20(24)27)13-4-1-2-5-15(13)23/h1-2,4-5,8-10,14H,3,6-7,11H2. The third kappa shape index (κ3) is 3.43. The first-order valence-corrected chi connectivity index (χ1v) is 9.91. The number of hydrogen-bond donors (Lipinski definition) is 0. The van der Waals surface area contributed by atoms with Gasteiger partial charge in [-0.2, -0.15) is 0 Å². The summed E-state index contributed by atoms with van der Waals surface area (Å²) in [5, 5.41) is 12.3. The second kappa shape index (κ2) is 7.61. The van der Waals surface area contributed by atoms with Crippen LogP contribution in [0.3, 0.4) is 0 Å². The Labute approximate surface area is 176 Å². The highest BCUT2D eigenvalue weighted by molar-refractivity contribution is 6.32. The molecule has 0 saturated heterocycles. The van der Waals surface area contributed by atoms with Crippen molar-refractivity contribution >= 4 is 46.3 Å². The van der Waals surface area contributed by atoms with Crippen molar-refractivity contribution < 1.29 is 14.5 Å². The third-order valence-corrected chi connectivity index (χ3v) is 5.91. The van der Waals surface area contributed by atoms with E-state index in [-0.39, 0.29) is 34.5 Å². The Kier molecular flexibility index (Phi) is 5.15. The second-order valence-electron chi connectivity index (χ2n) is 7.03. The molecular formula is C21H16Cl2N2O4. The number of nitro benzene ring substituents is 1. The van der Waals surface area contributed by atoms with E-state index in [1.165, 1.54) is 23.1 Å². The van der Waals surface area contributed by atoms with Crippen molar-refractivity contribution in [2.24, 2.45) is 0 Å². The zero-order chi connectivity index (χ0) is 20.7. The predicted octanol–water partition coefficient (Wildman–Crippen LogP) is 5.43. The number of anilines is 1. The number of carbonyl (C=O) groups excluding carboxylic acids is 2. The molecule has 29 heavy (non-hydrogen) atoms. The van der Waals surface area contributed by atoms with Gasteiger partial charge in [0.1, 0.15) is 5.69 Å². The predicted molar refractivity (Wildman–Crippen MR) is 110 cm³/mol. The number of carbonyl (C=O) groups is 2. The van der Waals surface area contributed by atoms with Gasteiger partial charge in [0, 0.05) is 46.1 Å². The highest BCUT2D eigenvalue weighted by Crippen LogP contribution is 2.46. The summed E-state index contributed by atoms with van der Waals surface area (Å²) in [5.41, 5.74) is 1.59. The lowest BCUT2D eigenvalue weighted by atomic mass is 9.77. The van der Waals surface area contributed by atoms with Crippen LogP contribution < -0.4 is 4.90 Å². The zero-order valence-corrected chi connectivity index (χ0v) is 16.7. The van der Waals surface area contributed by atoms with Crippen LogP contribution >= 0.6 is 23.2 Å². The summed E-state index contributed by atoms with van der Waals surface area (Å²) in [5.74, 6) is -0.847. The van der Waals surface area contributed by atoms with Crippen LogP contribution in [0.25, 0.3) is 0 Å². The van der Waals surface area contributed by atoms with Gasteiger partial charge in [0.05, 0.1) is 4.92 Å². The number of Topliss-reactive ketones (excluding diaryl/α,β-unsaturated/α-hetero) is 1. The Bertz CT molecular complexity index is 1080. The minimum absolute atomic E-state index is 0.00201. The van der Waals surface area contributed by atoms with Crippen LogP contribution in [-0.2, 0) is 9.59 Å². The van der Waals surface area contributed by atoms with Crippen molar-refractivity contribution in [2.75, 3.05) is 4.90 Å². The van der Waals surface area contributed by atoms with Gasteiger partial charge in [-0.1, -0.05) is 41.4 Å². The SMILES string of the molecule is O=C1CCCC2=C1C(c1ccccc1Cl)CC(=O)N2c1cc(Cl)ccc1[N+](=O)[O-]. The number of allylic oxidation sites excluding steroid dienone is 2. The second-order valence-corrected chi connectivity index (χ2v) is 7.88. The van der Waals surface area contributed by atoms with Gasteiger partial charge in [-0.15, -0.1) is 0 Å². The maximum absolute atomic E-state index is 13.2. The Morgan fingerprint density at radius 2 is 1.83 bits per heavy atom. The minimum Gasteiger partial charge on any atom is -0.294 e. The van der Waals surface area contributed by atoms with Gasteiger partial charge in [-0.05, 0) is 36.6 Å². The topological polar surface area (TPSA) is 80.5 Å². The fourth-order valence-corrected chi connectivity index (χ4v) is 4.56. The molecule has 1 aliphatic carbocycles. The molecule has 0 bridgehead atoms. The van der Waals surface area contributed by atoms with Gasteiger partial charge in [0.2, 0.25) is 5.91 Å². The molecule has 2 aromatic rings. The van der Waals surface area contributed by atoms with Crippen molar-refractivity contribution in [3.05, 3.63) is 79.5 Å². The molecule has 0 radical (unpaired) electrons. The molecule has 1 amide bonds. The molecule has 0 spiro atoms. The lowest BCUT2D eigenvalue weighted by Gasteiger charge is -2.38. The summed E-state index contributed by atoms with van der Waals surface area (Å²) in [7, 11) is 0. The largest absolute Gasteiger partial charge is 0.294 e. The van der Waals surface area contributed by atoms with Gasteiger partial charge in [0.15, 0.2) is 5.78 Å². The Hall–Kier alpha value is -2.70. The average Bonchev–Trinajstić information content (AvgIpc) is 2.67. The monoisotopic (exact) mass is 430 g/mol. The summed E-state index contributed by atoms with van der Waals surface area (Å²) in [4.78, 5) is 38.4. The van der Waals surface area contributed by atoms with E-state index in [4.69, 9.17) is 23.2 Å². The van der Waals surface area contributed by atoms with Crippen molar-refractivity contribution in [3.63, 3.8) is 0 Å². The quantitative estimate of drug-likeness (QED) is 0.480. The molecule has 0 N–H and O–H groups in total. The molecule has 2 aliphatic rings. The van der Waals surface area contributed by atoms with Crippen molar-refractivity contribution in [3.8, 4) is 0 Å². The molecule has 0 saturated carbocycles. The molecule has 148 valence electrons. The summed E-state index contributed by atoms with van der Waals surface area (Å²) < 4.78 is 0. The normalized spacial score (nSPS) is 19.4.